The summed E-state index contributed by atoms with van der Waals surface area (Å²) in [7, 11) is 0. The summed E-state index contributed by atoms with van der Waals surface area (Å²) in [6.45, 7) is 1.96. The molecule has 3 atom stereocenters. The molecule has 0 saturated carbocycles. The lowest BCUT2D eigenvalue weighted by Crippen LogP contribution is -2.68. The fourth-order valence-corrected chi connectivity index (χ4v) is 3.46. The Morgan fingerprint density at radius 3 is 2.57 bits per heavy atom. The number of hydrogen-bond donors (Lipinski definition) is 1. The van der Waals surface area contributed by atoms with Crippen molar-refractivity contribution in [2.24, 2.45) is 0 Å². The maximum Gasteiger partial charge on any atom is 0.430 e. The molecule has 5 rings (SSSR count). The molecule has 3 unspecified atom stereocenters. The Morgan fingerprint density at radius 2 is 1.90 bits per heavy atom. The second kappa shape index (κ2) is 3.99. The van der Waals surface area contributed by atoms with Gasteiger partial charge in [-0.25, -0.2) is 9.59 Å². The van der Waals surface area contributed by atoms with Gasteiger partial charge in [-0.15, -0.1) is 4.48 Å². The SMILES string of the molecule is Cc1cccc([N+]23C(=O)NC(C2=O)C3c2ccncc2)c1. The van der Waals surface area contributed by atoms with Crippen LogP contribution in [0.2, 0.25) is 0 Å². The first-order chi connectivity index (χ1) is 10.2. The Hall–Kier alpha value is -2.53. The number of nitrogens with zero attached hydrogens (tertiary/aromatic N) is 2. The van der Waals surface area contributed by atoms with Crippen LogP contribution in [-0.2, 0) is 4.79 Å². The number of quaternary nitrogens is 1. The highest BCUT2D eigenvalue weighted by atomic mass is 16.2. The molecule has 21 heavy (non-hydrogen) atoms. The Kier molecular flexibility index (Phi) is 2.32. The van der Waals surface area contributed by atoms with E-state index >= 15 is 0 Å². The molecule has 1 N–H and O–H groups in total. The van der Waals surface area contributed by atoms with Gasteiger partial charge in [0.2, 0.25) is 6.04 Å². The van der Waals surface area contributed by atoms with Crippen LogP contribution in [0.3, 0.4) is 0 Å². The first-order valence-electron chi connectivity index (χ1n) is 6.87. The highest BCUT2D eigenvalue weighted by Crippen LogP contribution is 2.51. The molecule has 2 bridgehead atoms. The molecule has 5 nitrogen and oxygen atoms in total. The highest BCUT2D eigenvalue weighted by Gasteiger charge is 2.77. The van der Waals surface area contributed by atoms with Gasteiger partial charge in [-0.3, -0.25) is 10.3 Å². The number of aromatic nitrogens is 1. The minimum atomic E-state index is -0.430. The predicted octanol–water partition coefficient (Wildman–Crippen LogP) is 2.07. The van der Waals surface area contributed by atoms with Gasteiger partial charge in [0.15, 0.2) is 6.04 Å². The van der Waals surface area contributed by atoms with Gasteiger partial charge in [0.1, 0.15) is 5.69 Å². The first kappa shape index (κ1) is 12.2. The third-order valence-corrected chi connectivity index (χ3v) is 4.40. The quantitative estimate of drug-likeness (QED) is 0.520. The topological polar surface area (TPSA) is 59.1 Å². The van der Waals surface area contributed by atoms with Crippen LogP contribution < -0.4 is 9.80 Å². The van der Waals surface area contributed by atoms with E-state index in [-0.39, 0.29) is 22.5 Å². The van der Waals surface area contributed by atoms with E-state index < -0.39 is 6.04 Å². The summed E-state index contributed by atoms with van der Waals surface area (Å²) in [6, 6.07) is 10.5. The number of benzene rings is 1. The summed E-state index contributed by atoms with van der Waals surface area (Å²) >= 11 is 0. The maximum atomic E-state index is 12.5. The number of aryl methyl sites for hydroxylation is 1. The van der Waals surface area contributed by atoms with Gasteiger partial charge in [-0.2, -0.15) is 0 Å². The fourth-order valence-electron chi connectivity index (χ4n) is 3.46. The van der Waals surface area contributed by atoms with E-state index in [1.807, 2.05) is 43.3 Å². The van der Waals surface area contributed by atoms with Crippen molar-refractivity contribution in [3.8, 4) is 0 Å². The second-order valence-corrected chi connectivity index (χ2v) is 5.55. The molecule has 5 heteroatoms. The van der Waals surface area contributed by atoms with Crippen molar-refractivity contribution in [1.29, 1.82) is 0 Å². The average molecular weight is 280 g/mol. The number of β-lactam (4-membered cyclic amide) rings is 1. The molecule has 0 spiro atoms. The van der Waals surface area contributed by atoms with Crippen molar-refractivity contribution >= 4 is 17.6 Å². The summed E-state index contributed by atoms with van der Waals surface area (Å²) in [4.78, 5) is 29.0. The Bertz CT molecular complexity index is 749. The summed E-state index contributed by atoms with van der Waals surface area (Å²) in [5, 5.41) is 2.81. The minimum absolute atomic E-state index is 0.0765. The number of pyridine rings is 1. The van der Waals surface area contributed by atoms with Crippen molar-refractivity contribution in [3.05, 3.63) is 59.9 Å². The molecule has 1 aromatic heterocycles. The van der Waals surface area contributed by atoms with E-state index in [1.165, 1.54) is 0 Å². The van der Waals surface area contributed by atoms with Crippen LogP contribution in [0.5, 0.6) is 0 Å². The van der Waals surface area contributed by atoms with Crippen LogP contribution in [0.15, 0.2) is 48.8 Å². The zero-order valence-electron chi connectivity index (χ0n) is 11.5. The van der Waals surface area contributed by atoms with Gasteiger partial charge in [-0.1, -0.05) is 12.1 Å². The van der Waals surface area contributed by atoms with E-state index in [0.29, 0.717) is 0 Å². The number of carbonyl (C=O) groups is 2. The summed E-state index contributed by atoms with van der Waals surface area (Å²) in [5.41, 5.74) is 2.71. The third-order valence-electron chi connectivity index (χ3n) is 4.40. The van der Waals surface area contributed by atoms with Crippen LogP contribution in [0.1, 0.15) is 17.2 Å². The zero-order chi connectivity index (χ0) is 14.6. The van der Waals surface area contributed by atoms with E-state index in [2.05, 4.69) is 10.3 Å². The molecule has 2 aromatic rings. The van der Waals surface area contributed by atoms with Crippen LogP contribution in [-0.4, -0.2) is 23.0 Å². The van der Waals surface area contributed by atoms with E-state index in [1.54, 1.807) is 12.4 Å². The largest absolute Gasteiger partial charge is 0.430 e. The standard InChI is InChI=1S/C16H13N3O2/c1-10-3-2-4-12(9-10)19-14(11-5-7-17-8-6-11)13(15(19)20)18-16(19)21/h2-9,13-14H,1H3/p+1. The van der Waals surface area contributed by atoms with Crippen molar-refractivity contribution in [2.45, 2.75) is 19.0 Å². The maximum absolute atomic E-state index is 12.5. The van der Waals surface area contributed by atoms with Crippen LogP contribution in [0.4, 0.5) is 10.5 Å². The van der Waals surface area contributed by atoms with Crippen molar-refractivity contribution < 1.29 is 9.59 Å². The van der Waals surface area contributed by atoms with Gasteiger partial charge in [0.05, 0.1) is 0 Å². The minimum Gasteiger partial charge on any atom is -0.283 e. The number of urea groups is 1. The van der Waals surface area contributed by atoms with Gasteiger partial charge in [0.25, 0.3) is 0 Å². The molecule has 3 aliphatic heterocycles. The molecule has 0 radical (unpaired) electrons. The number of carbonyl (C=O) groups excluding carboxylic acids is 2. The summed E-state index contributed by atoms with van der Waals surface area (Å²) < 4.78 is -0.254. The lowest BCUT2D eigenvalue weighted by atomic mass is 9.87. The van der Waals surface area contributed by atoms with Crippen LogP contribution >= 0.6 is 0 Å². The molecular weight excluding hydrogens is 266 g/mol. The smallest absolute Gasteiger partial charge is 0.283 e. The molecule has 0 aliphatic carbocycles. The third kappa shape index (κ3) is 1.36. The van der Waals surface area contributed by atoms with Crippen LogP contribution in [0.25, 0.3) is 0 Å². The number of hydrogen-bond acceptors (Lipinski definition) is 3. The van der Waals surface area contributed by atoms with Gasteiger partial charge in [0, 0.05) is 30.1 Å². The molecule has 3 aliphatic rings. The Labute approximate surface area is 121 Å². The summed E-state index contributed by atoms with van der Waals surface area (Å²) in [6.07, 6.45) is 3.38. The first-order valence-corrected chi connectivity index (χ1v) is 6.87. The number of rotatable bonds is 2. The average Bonchev–Trinajstić information content (AvgIpc) is 2.95. The Morgan fingerprint density at radius 1 is 1.14 bits per heavy atom. The lowest BCUT2D eigenvalue weighted by Gasteiger charge is -2.41. The fraction of sp³-hybridized carbons (Fsp3) is 0.188. The highest BCUT2D eigenvalue weighted by molar-refractivity contribution is 6.22. The molecule has 4 heterocycles. The normalized spacial score (nSPS) is 30.0. The Balaban J connectivity index is 1.91. The van der Waals surface area contributed by atoms with E-state index in [9.17, 15) is 9.59 Å². The molecular formula is C16H14N3O2+. The molecule has 3 amide bonds. The number of nitrogens with one attached hydrogen (secondary N) is 1. The number of fused-ring (bicyclic) bond motifs is 1. The lowest BCUT2D eigenvalue weighted by molar-refractivity contribution is -0.138. The molecule has 1 aromatic carbocycles. The second-order valence-electron chi connectivity index (χ2n) is 5.55. The molecule has 104 valence electrons. The summed E-state index contributed by atoms with van der Waals surface area (Å²) in [5.74, 6) is -0.0765. The van der Waals surface area contributed by atoms with E-state index in [0.717, 1.165) is 16.8 Å². The van der Waals surface area contributed by atoms with Crippen molar-refractivity contribution in [3.63, 3.8) is 0 Å². The van der Waals surface area contributed by atoms with Gasteiger partial charge >= 0.3 is 11.9 Å². The zero-order valence-corrected chi connectivity index (χ0v) is 11.5. The molecule has 3 fully saturated rings. The van der Waals surface area contributed by atoms with E-state index in [4.69, 9.17) is 0 Å². The molecule has 3 saturated heterocycles. The number of amides is 3. The number of imide groups is 1. The van der Waals surface area contributed by atoms with Crippen molar-refractivity contribution in [1.82, 2.24) is 14.8 Å². The monoisotopic (exact) mass is 280 g/mol. The van der Waals surface area contributed by atoms with Gasteiger partial charge in [-0.05, 0) is 24.6 Å². The van der Waals surface area contributed by atoms with Crippen molar-refractivity contribution in [2.75, 3.05) is 0 Å². The predicted molar refractivity (Wildman–Crippen MR) is 77.3 cm³/mol. The van der Waals surface area contributed by atoms with Crippen LogP contribution in [0, 0.1) is 6.92 Å². The van der Waals surface area contributed by atoms with Gasteiger partial charge < -0.3 is 0 Å².